The number of carbonyl (C=O) groups excluding carboxylic acids is 1. The molecule has 4 rings (SSSR count). The number of hydrogen-bond donors (Lipinski definition) is 2. The lowest BCUT2D eigenvalue weighted by atomic mass is 10.1. The average molecular weight is 367 g/mol. The molecule has 2 N–H and O–H groups in total. The number of aliphatic hydroxyl groups is 1. The van der Waals surface area contributed by atoms with E-state index in [0.717, 1.165) is 37.3 Å². The fraction of sp³-hybridized carbons (Fsp3) is 0.450. The quantitative estimate of drug-likeness (QED) is 0.847. The van der Waals surface area contributed by atoms with Gasteiger partial charge in [-0.2, -0.15) is 10.2 Å². The van der Waals surface area contributed by atoms with Crippen LogP contribution < -0.4 is 10.3 Å². The monoisotopic (exact) mass is 367 g/mol. The molecule has 7 heteroatoms. The summed E-state index contributed by atoms with van der Waals surface area (Å²) in [6, 6.07) is 9.14. The van der Waals surface area contributed by atoms with Crippen molar-refractivity contribution in [2.45, 2.75) is 44.9 Å². The highest BCUT2D eigenvalue weighted by molar-refractivity contribution is 5.95. The molecule has 1 saturated carbocycles. The number of rotatable bonds is 5. The molecule has 0 saturated heterocycles. The van der Waals surface area contributed by atoms with Crippen molar-refractivity contribution in [1.29, 1.82) is 0 Å². The molecule has 1 amide bonds. The predicted molar refractivity (Wildman–Crippen MR) is 104 cm³/mol. The molecule has 1 aliphatic heterocycles. The maximum Gasteiger partial charge on any atom is 0.251 e. The second kappa shape index (κ2) is 7.52. The van der Waals surface area contributed by atoms with Crippen molar-refractivity contribution in [3.63, 3.8) is 0 Å². The zero-order valence-electron chi connectivity index (χ0n) is 15.5. The Bertz CT molecular complexity index is 815. The van der Waals surface area contributed by atoms with Crippen molar-refractivity contribution in [3.8, 4) is 0 Å². The molecule has 1 aromatic carbocycles. The Labute approximate surface area is 158 Å². The van der Waals surface area contributed by atoms with Crippen LogP contribution in [0.5, 0.6) is 0 Å². The van der Waals surface area contributed by atoms with Crippen molar-refractivity contribution >= 4 is 17.3 Å². The van der Waals surface area contributed by atoms with Gasteiger partial charge in [0.15, 0.2) is 0 Å². The summed E-state index contributed by atoms with van der Waals surface area (Å²) in [5.41, 5.74) is 2.71. The lowest BCUT2D eigenvalue weighted by Gasteiger charge is -2.17. The molecule has 142 valence electrons. The van der Waals surface area contributed by atoms with Crippen molar-refractivity contribution < 1.29 is 9.90 Å². The van der Waals surface area contributed by atoms with Crippen LogP contribution in [0.1, 0.15) is 36.5 Å². The Morgan fingerprint density at radius 2 is 2.11 bits per heavy atom. The summed E-state index contributed by atoms with van der Waals surface area (Å²) in [7, 11) is 0. The maximum atomic E-state index is 12.6. The summed E-state index contributed by atoms with van der Waals surface area (Å²) in [6.07, 6.45) is 5.56. The molecule has 0 spiro atoms. The zero-order valence-corrected chi connectivity index (χ0v) is 15.5. The van der Waals surface area contributed by atoms with Gasteiger partial charge >= 0.3 is 0 Å². The van der Waals surface area contributed by atoms with Gasteiger partial charge in [-0.3, -0.25) is 14.5 Å². The van der Waals surface area contributed by atoms with E-state index in [0.29, 0.717) is 17.9 Å². The molecule has 2 heterocycles. The van der Waals surface area contributed by atoms with Gasteiger partial charge in [-0.05, 0) is 56.0 Å². The van der Waals surface area contributed by atoms with E-state index in [-0.39, 0.29) is 11.9 Å². The van der Waals surface area contributed by atoms with Gasteiger partial charge < -0.3 is 10.4 Å². The highest BCUT2D eigenvalue weighted by Crippen LogP contribution is 2.28. The van der Waals surface area contributed by atoms with Gasteiger partial charge in [-0.25, -0.2) is 0 Å². The van der Waals surface area contributed by atoms with Gasteiger partial charge in [-0.1, -0.05) is 0 Å². The van der Waals surface area contributed by atoms with Crippen molar-refractivity contribution in [2.75, 3.05) is 11.6 Å². The minimum absolute atomic E-state index is 0.147. The van der Waals surface area contributed by atoms with E-state index in [1.807, 2.05) is 53.1 Å². The molecule has 0 radical (unpaired) electrons. The minimum atomic E-state index is -0.518. The molecule has 1 aromatic heterocycles. The molecule has 7 nitrogen and oxygen atoms in total. The van der Waals surface area contributed by atoms with Crippen molar-refractivity contribution in [1.82, 2.24) is 15.1 Å². The van der Waals surface area contributed by atoms with Crippen molar-refractivity contribution in [2.24, 2.45) is 11.0 Å². The van der Waals surface area contributed by atoms with Crippen LogP contribution >= 0.6 is 0 Å². The van der Waals surface area contributed by atoms with Gasteiger partial charge in [0, 0.05) is 43.2 Å². The smallest absolute Gasteiger partial charge is 0.251 e. The van der Waals surface area contributed by atoms with Crippen LogP contribution in [-0.2, 0) is 6.54 Å². The summed E-state index contributed by atoms with van der Waals surface area (Å²) in [5, 5.41) is 24.0. The van der Waals surface area contributed by atoms with Crippen LogP contribution in [0, 0.1) is 5.92 Å². The van der Waals surface area contributed by atoms with E-state index in [4.69, 9.17) is 0 Å². The summed E-state index contributed by atoms with van der Waals surface area (Å²) in [4.78, 5) is 12.6. The first-order chi connectivity index (χ1) is 13.1. The number of aliphatic hydroxyl groups excluding tert-OH is 1. The second-order valence-electron chi connectivity index (χ2n) is 7.47. The Morgan fingerprint density at radius 3 is 2.78 bits per heavy atom. The third kappa shape index (κ3) is 4.03. The average Bonchev–Trinajstić information content (AvgIpc) is 3.39. The Balaban J connectivity index is 1.34. The third-order valence-corrected chi connectivity index (χ3v) is 5.35. The number of aromatic nitrogens is 2. The molecule has 3 atom stereocenters. The Hall–Kier alpha value is -2.67. The van der Waals surface area contributed by atoms with Crippen LogP contribution in [0.2, 0.25) is 0 Å². The van der Waals surface area contributed by atoms with Crippen LogP contribution in [0.3, 0.4) is 0 Å². The van der Waals surface area contributed by atoms with E-state index < -0.39 is 6.10 Å². The first-order valence-corrected chi connectivity index (χ1v) is 9.46. The molecule has 0 bridgehead atoms. The van der Waals surface area contributed by atoms with E-state index >= 15 is 0 Å². The van der Waals surface area contributed by atoms with E-state index in [2.05, 4.69) is 15.5 Å². The van der Waals surface area contributed by atoms with Crippen LogP contribution in [0.4, 0.5) is 5.69 Å². The van der Waals surface area contributed by atoms with E-state index in [1.54, 1.807) is 6.20 Å². The fourth-order valence-electron chi connectivity index (χ4n) is 3.89. The number of benzene rings is 1. The SMILES string of the molecule is CC1=NN(c2ccc(C(=O)N[C@@H]3CC(Cn4cccn4)C[C@H]3O)cc2)CC1. The highest BCUT2D eigenvalue weighted by Gasteiger charge is 2.34. The maximum absolute atomic E-state index is 12.6. The van der Waals surface area contributed by atoms with Crippen LogP contribution in [0.25, 0.3) is 0 Å². The first kappa shape index (κ1) is 17.7. The van der Waals surface area contributed by atoms with Gasteiger partial charge in [0.25, 0.3) is 5.91 Å². The van der Waals surface area contributed by atoms with Gasteiger partial charge in [0.1, 0.15) is 0 Å². The molecule has 1 unspecified atom stereocenters. The van der Waals surface area contributed by atoms with Crippen LogP contribution in [-0.4, -0.2) is 45.2 Å². The van der Waals surface area contributed by atoms with E-state index in [1.165, 1.54) is 0 Å². The molecule has 27 heavy (non-hydrogen) atoms. The standard InChI is InChI=1S/C20H25N5O2/c1-14-7-10-25(23-14)17-5-3-16(4-6-17)20(27)22-18-11-15(12-19(18)26)13-24-9-2-8-21-24/h2-6,8-9,15,18-19,26H,7,10-13H2,1H3,(H,22,27)/t15?,18-,19-/m1/s1. The number of carbonyl (C=O) groups is 1. The lowest BCUT2D eigenvalue weighted by molar-refractivity contribution is 0.0873. The molecular weight excluding hydrogens is 342 g/mol. The molecule has 1 fully saturated rings. The summed E-state index contributed by atoms with van der Waals surface area (Å²) in [6.45, 7) is 3.67. The topological polar surface area (TPSA) is 82.8 Å². The summed E-state index contributed by atoms with van der Waals surface area (Å²) in [5.74, 6) is 0.162. The number of hydrogen-bond acceptors (Lipinski definition) is 5. The highest BCUT2D eigenvalue weighted by atomic mass is 16.3. The number of anilines is 1. The molecule has 1 aliphatic carbocycles. The van der Waals surface area contributed by atoms with Gasteiger partial charge in [0.2, 0.25) is 0 Å². The predicted octanol–water partition coefficient (Wildman–Crippen LogP) is 2.04. The van der Waals surface area contributed by atoms with Gasteiger partial charge in [0.05, 0.1) is 17.8 Å². The zero-order chi connectivity index (χ0) is 18.8. The largest absolute Gasteiger partial charge is 0.391 e. The first-order valence-electron chi connectivity index (χ1n) is 9.46. The van der Waals surface area contributed by atoms with Gasteiger partial charge in [-0.15, -0.1) is 0 Å². The molecular formula is C20H25N5O2. The second-order valence-corrected chi connectivity index (χ2v) is 7.47. The third-order valence-electron chi connectivity index (χ3n) is 5.35. The minimum Gasteiger partial charge on any atom is -0.391 e. The number of amides is 1. The Morgan fingerprint density at radius 1 is 1.30 bits per heavy atom. The number of nitrogens with zero attached hydrogens (tertiary/aromatic N) is 4. The normalized spacial score (nSPS) is 24.9. The lowest BCUT2D eigenvalue weighted by Crippen LogP contribution is -2.39. The number of nitrogens with one attached hydrogen (secondary N) is 1. The molecule has 2 aromatic rings. The van der Waals surface area contributed by atoms with Crippen LogP contribution in [0.15, 0.2) is 47.8 Å². The molecule has 2 aliphatic rings. The summed E-state index contributed by atoms with van der Waals surface area (Å²) < 4.78 is 1.88. The summed E-state index contributed by atoms with van der Waals surface area (Å²) >= 11 is 0. The van der Waals surface area contributed by atoms with E-state index in [9.17, 15) is 9.90 Å². The fourth-order valence-corrected chi connectivity index (χ4v) is 3.89. The number of hydrazone groups is 1. The van der Waals surface area contributed by atoms with Crippen molar-refractivity contribution in [3.05, 3.63) is 48.3 Å². The Kier molecular flexibility index (Phi) is 4.94.